The number of thioether (sulfide) groups is 1. The smallest absolute Gasteiger partial charge is 0.224 e. The number of aromatic nitrogens is 3. The fourth-order valence-electron chi connectivity index (χ4n) is 2.51. The van der Waals surface area contributed by atoms with E-state index in [2.05, 4.69) is 15.5 Å². The Hall–Kier alpha value is -2.67. The molecule has 2 aromatic heterocycles. The van der Waals surface area contributed by atoms with Crippen LogP contribution in [0.3, 0.4) is 0 Å². The number of carbonyl (C=O) groups is 2. The third kappa shape index (κ3) is 4.11. The Kier molecular flexibility index (Phi) is 5.68. The third-order valence-electron chi connectivity index (χ3n) is 3.86. The summed E-state index contributed by atoms with van der Waals surface area (Å²) in [5.41, 5.74) is 2.05. The van der Waals surface area contributed by atoms with Crippen LogP contribution >= 0.6 is 11.8 Å². The number of hydrogen-bond donors (Lipinski definition) is 1. The number of benzene rings is 1. The first-order valence-electron chi connectivity index (χ1n) is 8.49. The molecule has 26 heavy (non-hydrogen) atoms. The average molecular weight is 368 g/mol. The quantitative estimate of drug-likeness (QED) is 0.507. The topological polar surface area (TPSA) is 76.4 Å². The maximum absolute atomic E-state index is 12.7. The predicted molar refractivity (Wildman–Crippen MR) is 103 cm³/mol. The summed E-state index contributed by atoms with van der Waals surface area (Å²) in [4.78, 5) is 24.3. The summed E-state index contributed by atoms with van der Waals surface area (Å²) in [5.74, 6) is -0.0108. The van der Waals surface area contributed by atoms with E-state index < -0.39 is 0 Å². The second-order valence-electron chi connectivity index (χ2n) is 5.91. The van der Waals surface area contributed by atoms with Crippen molar-refractivity contribution in [2.75, 3.05) is 5.32 Å². The van der Waals surface area contributed by atoms with E-state index in [1.807, 2.05) is 42.6 Å². The van der Waals surface area contributed by atoms with Crippen molar-refractivity contribution >= 4 is 34.8 Å². The van der Waals surface area contributed by atoms with Crippen molar-refractivity contribution in [3.63, 3.8) is 0 Å². The number of nitrogens with one attached hydrogen (secondary N) is 1. The number of fused-ring (bicyclic) bond motifs is 1. The number of ketones is 1. The van der Waals surface area contributed by atoms with Crippen LogP contribution in [-0.4, -0.2) is 31.5 Å². The molecule has 0 saturated heterocycles. The maximum Gasteiger partial charge on any atom is 0.224 e. The molecule has 0 fully saturated rings. The highest BCUT2D eigenvalue weighted by Gasteiger charge is 2.19. The zero-order valence-electron chi connectivity index (χ0n) is 14.7. The van der Waals surface area contributed by atoms with E-state index in [1.165, 1.54) is 11.8 Å². The molecule has 3 rings (SSSR count). The minimum Gasteiger partial charge on any atom is -0.326 e. The molecule has 0 radical (unpaired) electrons. The van der Waals surface area contributed by atoms with Gasteiger partial charge in [0.2, 0.25) is 5.91 Å². The molecular formula is C19H20N4O2S. The predicted octanol–water partition coefficient (Wildman–Crippen LogP) is 3.83. The van der Waals surface area contributed by atoms with Crippen molar-refractivity contribution in [2.24, 2.45) is 0 Å². The lowest BCUT2D eigenvalue weighted by atomic mass is 10.1. The number of rotatable bonds is 7. The molecule has 3 aromatic rings. The summed E-state index contributed by atoms with van der Waals surface area (Å²) in [6.45, 7) is 3.81. The maximum atomic E-state index is 12.7. The van der Waals surface area contributed by atoms with Crippen molar-refractivity contribution in [1.82, 2.24) is 14.6 Å². The molecule has 0 spiro atoms. The minimum absolute atomic E-state index is 0.00844. The van der Waals surface area contributed by atoms with Gasteiger partial charge in [0.1, 0.15) is 0 Å². The number of hydrogen-bond acceptors (Lipinski definition) is 5. The molecule has 0 aliphatic carbocycles. The molecule has 0 aliphatic rings. The van der Waals surface area contributed by atoms with E-state index in [9.17, 15) is 9.59 Å². The Labute approximate surface area is 156 Å². The fraction of sp³-hybridized carbons (Fsp3) is 0.263. The Morgan fingerprint density at radius 3 is 2.65 bits per heavy atom. The summed E-state index contributed by atoms with van der Waals surface area (Å²) in [7, 11) is 0. The van der Waals surface area contributed by atoms with Gasteiger partial charge in [-0.15, -0.1) is 10.2 Å². The number of nitrogens with zero attached hydrogens (tertiary/aromatic N) is 3. The van der Waals surface area contributed by atoms with Gasteiger partial charge in [-0.3, -0.25) is 14.0 Å². The minimum atomic E-state index is -0.303. The first-order valence-corrected chi connectivity index (χ1v) is 9.37. The monoisotopic (exact) mass is 368 g/mol. The van der Waals surface area contributed by atoms with E-state index in [-0.39, 0.29) is 16.9 Å². The van der Waals surface area contributed by atoms with Gasteiger partial charge in [-0.1, -0.05) is 24.8 Å². The van der Waals surface area contributed by atoms with Gasteiger partial charge in [0, 0.05) is 23.9 Å². The van der Waals surface area contributed by atoms with Crippen LogP contribution in [0.15, 0.2) is 53.8 Å². The van der Waals surface area contributed by atoms with E-state index in [0.717, 1.165) is 12.1 Å². The second kappa shape index (κ2) is 8.14. The van der Waals surface area contributed by atoms with E-state index in [0.29, 0.717) is 22.8 Å². The largest absolute Gasteiger partial charge is 0.326 e. The van der Waals surface area contributed by atoms with Crippen LogP contribution in [0.1, 0.15) is 37.0 Å². The molecule has 0 aliphatic heterocycles. The van der Waals surface area contributed by atoms with Crippen LogP contribution in [0.2, 0.25) is 0 Å². The Bertz CT molecular complexity index is 921. The highest BCUT2D eigenvalue weighted by molar-refractivity contribution is 8.00. The number of pyridine rings is 1. The van der Waals surface area contributed by atoms with Gasteiger partial charge in [-0.25, -0.2) is 0 Å². The average Bonchev–Trinajstić information content (AvgIpc) is 3.05. The standard InChI is InChI=1S/C19H20N4O2S/c1-3-6-17(24)20-15-10-8-14(9-11-15)18(25)13(2)26-19-22-21-16-7-4-5-12-23(16)19/h4-5,7-13H,3,6H2,1-2H3,(H,20,24)/t13-/m1/s1. The second-order valence-corrected chi connectivity index (χ2v) is 7.22. The summed E-state index contributed by atoms with van der Waals surface area (Å²) >= 11 is 1.37. The van der Waals surface area contributed by atoms with Crippen LogP contribution in [0.4, 0.5) is 5.69 Å². The highest BCUT2D eigenvalue weighted by atomic mass is 32.2. The third-order valence-corrected chi connectivity index (χ3v) is 4.92. The van der Waals surface area contributed by atoms with Crippen LogP contribution in [0, 0.1) is 0 Å². The number of anilines is 1. The van der Waals surface area contributed by atoms with Crippen molar-refractivity contribution < 1.29 is 9.59 Å². The van der Waals surface area contributed by atoms with Crippen molar-refractivity contribution in [2.45, 2.75) is 37.1 Å². The molecule has 1 aromatic carbocycles. The van der Waals surface area contributed by atoms with Crippen LogP contribution < -0.4 is 5.32 Å². The first-order chi connectivity index (χ1) is 12.6. The summed E-state index contributed by atoms with van der Waals surface area (Å²) in [5, 5.41) is 11.5. The fourth-order valence-corrected chi connectivity index (χ4v) is 3.43. The van der Waals surface area contributed by atoms with Crippen LogP contribution in [0.25, 0.3) is 5.65 Å². The Morgan fingerprint density at radius 1 is 1.15 bits per heavy atom. The molecule has 1 N–H and O–H groups in total. The molecule has 1 amide bonds. The molecule has 6 nitrogen and oxygen atoms in total. The van der Waals surface area contributed by atoms with E-state index in [4.69, 9.17) is 0 Å². The highest BCUT2D eigenvalue weighted by Crippen LogP contribution is 2.25. The SMILES string of the molecule is CCCC(=O)Nc1ccc(C(=O)[C@@H](C)Sc2nnc3ccccn23)cc1. The Morgan fingerprint density at radius 2 is 1.92 bits per heavy atom. The zero-order valence-corrected chi connectivity index (χ0v) is 15.5. The van der Waals surface area contributed by atoms with Crippen molar-refractivity contribution in [3.05, 3.63) is 54.2 Å². The first kappa shape index (κ1) is 18.1. The lowest BCUT2D eigenvalue weighted by Gasteiger charge is -2.10. The number of carbonyl (C=O) groups excluding carboxylic acids is 2. The van der Waals surface area contributed by atoms with Crippen LogP contribution in [-0.2, 0) is 4.79 Å². The van der Waals surface area contributed by atoms with Gasteiger partial charge in [0.15, 0.2) is 16.6 Å². The van der Waals surface area contributed by atoms with Gasteiger partial charge in [0.05, 0.1) is 5.25 Å². The number of Topliss-reactive ketones (excluding diaryl/α,β-unsaturated/α-hetero) is 1. The lowest BCUT2D eigenvalue weighted by molar-refractivity contribution is -0.116. The van der Waals surface area contributed by atoms with Gasteiger partial charge >= 0.3 is 0 Å². The molecule has 1 atom stereocenters. The summed E-state index contributed by atoms with van der Waals surface area (Å²) < 4.78 is 1.86. The molecular weight excluding hydrogens is 348 g/mol. The lowest BCUT2D eigenvalue weighted by Crippen LogP contribution is -2.14. The summed E-state index contributed by atoms with van der Waals surface area (Å²) in [6.07, 6.45) is 3.16. The molecule has 0 unspecified atom stereocenters. The van der Waals surface area contributed by atoms with Crippen molar-refractivity contribution in [1.29, 1.82) is 0 Å². The molecule has 2 heterocycles. The van der Waals surface area contributed by atoms with Gasteiger partial charge < -0.3 is 5.32 Å². The van der Waals surface area contributed by atoms with Crippen molar-refractivity contribution in [3.8, 4) is 0 Å². The molecule has 0 saturated carbocycles. The molecule has 0 bridgehead atoms. The van der Waals surface area contributed by atoms with E-state index in [1.54, 1.807) is 24.3 Å². The normalized spacial score (nSPS) is 12.1. The molecule has 134 valence electrons. The number of amides is 1. The Balaban J connectivity index is 1.67. The zero-order chi connectivity index (χ0) is 18.5. The summed E-state index contributed by atoms with van der Waals surface area (Å²) in [6, 6.07) is 12.7. The van der Waals surface area contributed by atoms with Gasteiger partial charge in [-0.2, -0.15) is 0 Å². The van der Waals surface area contributed by atoms with E-state index >= 15 is 0 Å². The molecule has 7 heteroatoms. The van der Waals surface area contributed by atoms with Crippen LogP contribution in [0.5, 0.6) is 0 Å². The van der Waals surface area contributed by atoms with Gasteiger partial charge in [0.25, 0.3) is 0 Å². The van der Waals surface area contributed by atoms with Gasteiger partial charge in [-0.05, 0) is 49.7 Å².